The van der Waals surface area contributed by atoms with Gasteiger partial charge in [0.15, 0.2) is 0 Å². The molecule has 1 fully saturated rings. The summed E-state index contributed by atoms with van der Waals surface area (Å²) in [7, 11) is 1.65. The number of nitrogens with zero attached hydrogens (tertiary/aromatic N) is 5. The summed E-state index contributed by atoms with van der Waals surface area (Å²) >= 11 is 0. The number of benzene rings is 1. The summed E-state index contributed by atoms with van der Waals surface area (Å²) in [5, 5.41) is 12.8. The predicted octanol–water partition coefficient (Wildman–Crippen LogP) is 2.15. The maximum Gasteiger partial charge on any atom is 0.471 e. The van der Waals surface area contributed by atoms with E-state index in [1.807, 2.05) is 0 Å². The number of hydrogen-bond acceptors (Lipinski definition) is 7. The number of hydrogen-bond donors (Lipinski definition) is 2. The van der Waals surface area contributed by atoms with Gasteiger partial charge in [0.05, 0.1) is 19.3 Å². The third kappa shape index (κ3) is 5.17. The van der Waals surface area contributed by atoms with Gasteiger partial charge in [-0.05, 0) is 30.3 Å². The van der Waals surface area contributed by atoms with Gasteiger partial charge in [0.1, 0.15) is 5.69 Å². The van der Waals surface area contributed by atoms with Crippen LogP contribution in [0, 0.1) is 0 Å². The Bertz CT molecular complexity index is 1160. The summed E-state index contributed by atoms with van der Waals surface area (Å²) in [6, 6.07) is 6.73. The first-order valence-corrected chi connectivity index (χ1v) is 10.2. The van der Waals surface area contributed by atoms with E-state index in [0.29, 0.717) is 30.1 Å². The van der Waals surface area contributed by atoms with Crippen LogP contribution in [0.3, 0.4) is 0 Å². The molecule has 0 radical (unpaired) electrons. The normalized spacial score (nSPS) is 16.4. The average Bonchev–Trinajstić information content (AvgIpc) is 3.48. The van der Waals surface area contributed by atoms with Crippen LogP contribution in [0.1, 0.15) is 16.4 Å². The Morgan fingerprint density at radius 1 is 1.21 bits per heavy atom. The van der Waals surface area contributed by atoms with Gasteiger partial charge in [-0.15, -0.1) is 0 Å². The van der Waals surface area contributed by atoms with Crippen molar-refractivity contribution in [3.8, 4) is 11.4 Å². The predicted molar refractivity (Wildman–Crippen MR) is 111 cm³/mol. The molecular formula is C20H20F3N7O4. The minimum Gasteiger partial charge on any atom is -0.377 e. The van der Waals surface area contributed by atoms with Crippen LogP contribution in [0.15, 0.2) is 41.1 Å². The molecule has 3 heterocycles. The number of urea groups is 1. The Hall–Kier alpha value is -3.94. The molecule has 34 heavy (non-hydrogen) atoms. The number of morpholine rings is 1. The molecule has 0 aliphatic carbocycles. The van der Waals surface area contributed by atoms with Crippen LogP contribution in [-0.2, 0) is 18.0 Å². The third-order valence-electron chi connectivity index (χ3n) is 5.10. The molecule has 3 amide bonds. The minimum absolute atomic E-state index is 0.176. The molecule has 1 atom stereocenters. The topological polar surface area (TPSA) is 127 Å². The number of halogens is 3. The summed E-state index contributed by atoms with van der Waals surface area (Å²) in [5.41, 5.74) is 1.09. The van der Waals surface area contributed by atoms with Crippen molar-refractivity contribution < 1.29 is 32.0 Å². The number of amides is 3. The second kappa shape index (κ2) is 9.51. The maximum atomic E-state index is 12.8. The third-order valence-corrected chi connectivity index (χ3v) is 5.10. The van der Waals surface area contributed by atoms with E-state index < -0.39 is 24.1 Å². The standard InChI is InChI=1S/C20H20F3N7O4/c1-29-15(6-7-25-29)17(31)24-10-14-11-33-9-8-30(14)19(32)26-13-4-2-12(3-5-13)16-27-18(34-28-16)20(21,22)23/h2-7,14H,8-11H2,1H3,(H,24,31)(H,26,32). The molecule has 11 nitrogen and oxygen atoms in total. The molecular weight excluding hydrogens is 459 g/mol. The van der Waals surface area contributed by atoms with E-state index in [0.717, 1.165) is 0 Å². The summed E-state index contributed by atoms with van der Waals surface area (Å²) in [6.45, 7) is 1.09. The lowest BCUT2D eigenvalue weighted by molar-refractivity contribution is -0.159. The number of alkyl halides is 3. The SMILES string of the molecule is Cn1nccc1C(=O)NCC1COCCN1C(=O)Nc1ccc(-c2noc(C(F)(F)F)n2)cc1. The van der Waals surface area contributed by atoms with Crippen molar-refractivity contribution in [1.82, 2.24) is 30.1 Å². The van der Waals surface area contributed by atoms with E-state index in [9.17, 15) is 22.8 Å². The molecule has 2 N–H and O–H groups in total. The van der Waals surface area contributed by atoms with Crippen LogP contribution in [0.2, 0.25) is 0 Å². The largest absolute Gasteiger partial charge is 0.471 e. The number of nitrogens with one attached hydrogen (secondary N) is 2. The Labute approximate surface area is 190 Å². The summed E-state index contributed by atoms with van der Waals surface area (Å²) in [4.78, 5) is 30.1. The van der Waals surface area contributed by atoms with Crippen molar-refractivity contribution in [2.45, 2.75) is 12.2 Å². The van der Waals surface area contributed by atoms with E-state index in [1.54, 1.807) is 18.0 Å². The van der Waals surface area contributed by atoms with Crippen LogP contribution in [0.25, 0.3) is 11.4 Å². The fourth-order valence-electron chi connectivity index (χ4n) is 3.34. The summed E-state index contributed by atoms with van der Waals surface area (Å²) < 4.78 is 49.0. The van der Waals surface area contributed by atoms with Crippen molar-refractivity contribution in [1.29, 1.82) is 0 Å². The molecule has 14 heteroatoms. The zero-order chi connectivity index (χ0) is 24.3. The van der Waals surface area contributed by atoms with Gasteiger partial charge in [-0.2, -0.15) is 23.3 Å². The summed E-state index contributed by atoms with van der Waals surface area (Å²) in [5.74, 6) is -1.98. The lowest BCUT2D eigenvalue weighted by Gasteiger charge is -2.35. The molecule has 0 spiro atoms. The second-order valence-corrected chi connectivity index (χ2v) is 7.40. The second-order valence-electron chi connectivity index (χ2n) is 7.40. The van der Waals surface area contributed by atoms with Crippen molar-refractivity contribution in [3.05, 3.63) is 48.1 Å². The van der Waals surface area contributed by atoms with Crippen LogP contribution in [0.4, 0.5) is 23.7 Å². The van der Waals surface area contributed by atoms with Gasteiger partial charge in [-0.1, -0.05) is 5.16 Å². The number of anilines is 1. The molecule has 0 saturated carbocycles. The van der Waals surface area contributed by atoms with E-state index in [4.69, 9.17) is 4.74 Å². The monoisotopic (exact) mass is 479 g/mol. The van der Waals surface area contributed by atoms with Crippen molar-refractivity contribution in [2.75, 3.05) is 31.6 Å². The number of aromatic nitrogens is 4. The minimum atomic E-state index is -4.73. The number of rotatable bonds is 5. The maximum absolute atomic E-state index is 12.8. The Balaban J connectivity index is 1.37. The van der Waals surface area contributed by atoms with Crippen LogP contribution >= 0.6 is 0 Å². The Kier molecular flexibility index (Phi) is 6.49. The highest BCUT2D eigenvalue weighted by Crippen LogP contribution is 2.29. The van der Waals surface area contributed by atoms with Gasteiger partial charge < -0.3 is 24.8 Å². The highest BCUT2D eigenvalue weighted by molar-refractivity contribution is 5.92. The van der Waals surface area contributed by atoms with Crippen molar-refractivity contribution >= 4 is 17.6 Å². The van der Waals surface area contributed by atoms with Crippen molar-refractivity contribution in [3.63, 3.8) is 0 Å². The number of ether oxygens (including phenoxy) is 1. The average molecular weight is 479 g/mol. The highest BCUT2D eigenvalue weighted by Gasteiger charge is 2.38. The highest BCUT2D eigenvalue weighted by atomic mass is 19.4. The fourth-order valence-corrected chi connectivity index (χ4v) is 3.34. The van der Waals surface area contributed by atoms with Crippen molar-refractivity contribution in [2.24, 2.45) is 7.05 Å². The molecule has 0 bridgehead atoms. The first kappa shape index (κ1) is 23.2. The lowest BCUT2D eigenvalue weighted by atomic mass is 10.2. The smallest absolute Gasteiger partial charge is 0.377 e. The van der Waals surface area contributed by atoms with Gasteiger partial charge in [-0.25, -0.2) is 4.79 Å². The number of aryl methyl sites for hydroxylation is 1. The van der Waals surface area contributed by atoms with E-state index in [-0.39, 0.29) is 24.9 Å². The number of carbonyl (C=O) groups is 2. The van der Waals surface area contributed by atoms with Gasteiger partial charge in [-0.3, -0.25) is 9.48 Å². The van der Waals surface area contributed by atoms with Crippen LogP contribution in [0.5, 0.6) is 0 Å². The molecule has 1 aromatic carbocycles. The molecule has 1 aliphatic heterocycles. The van der Waals surface area contributed by atoms with Gasteiger partial charge in [0.25, 0.3) is 5.91 Å². The molecule has 180 valence electrons. The zero-order valence-electron chi connectivity index (χ0n) is 17.9. The molecule has 4 rings (SSSR count). The lowest BCUT2D eigenvalue weighted by Crippen LogP contribution is -2.54. The molecule has 1 aliphatic rings. The van der Waals surface area contributed by atoms with Gasteiger partial charge >= 0.3 is 18.1 Å². The molecule has 1 saturated heterocycles. The van der Waals surface area contributed by atoms with Gasteiger partial charge in [0.2, 0.25) is 5.82 Å². The zero-order valence-corrected chi connectivity index (χ0v) is 17.9. The number of carbonyl (C=O) groups excluding carboxylic acids is 2. The van der Waals surface area contributed by atoms with E-state index in [2.05, 4.69) is 30.4 Å². The molecule has 1 unspecified atom stereocenters. The van der Waals surface area contributed by atoms with Crippen LogP contribution < -0.4 is 10.6 Å². The van der Waals surface area contributed by atoms with E-state index in [1.165, 1.54) is 35.1 Å². The van der Waals surface area contributed by atoms with E-state index >= 15 is 0 Å². The quantitative estimate of drug-likeness (QED) is 0.574. The Morgan fingerprint density at radius 3 is 2.62 bits per heavy atom. The Morgan fingerprint density at radius 2 is 1.97 bits per heavy atom. The fraction of sp³-hybridized carbons (Fsp3) is 0.350. The molecule has 2 aromatic heterocycles. The van der Waals surface area contributed by atoms with Crippen LogP contribution in [-0.4, -0.2) is 69.1 Å². The summed E-state index contributed by atoms with van der Waals surface area (Å²) in [6.07, 6.45) is -3.22. The molecule has 3 aromatic rings. The first-order valence-electron chi connectivity index (χ1n) is 10.2. The van der Waals surface area contributed by atoms with Gasteiger partial charge in [0, 0.05) is 37.6 Å². The first-order chi connectivity index (χ1) is 16.2.